The van der Waals surface area contributed by atoms with Gasteiger partial charge in [0.25, 0.3) is 0 Å². The first-order chi connectivity index (χ1) is 10.6. The Balaban J connectivity index is 1.81. The molecule has 0 bridgehead atoms. The van der Waals surface area contributed by atoms with Crippen molar-refractivity contribution in [3.8, 4) is 0 Å². The smallest absolute Gasteiger partial charge is 0.303 e. The van der Waals surface area contributed by atoms with Crippen molar-refractivity contribution in [2.45, 2.75) is 18.9 Å². The Morgan fingerprint density at radius 2 is 1.65 bits per heavy atom. The average molecular weight is 337 g/mol. The summed E-state index contributed by atoms with van der Waals surface area (Å²) < 4.78 is 77.0. The van der Waals surface area contributed by atoms with Crippen molar-refractivity contribution < 1.29 is 31.1 Å². The van der Waals surface area contributed by atoms with Crippen molar-refractivity contribution in [3.63, 3.8) is 0 Å². The molecule has 126 valence electrons. The maximum atomic E-state index is 13.1. The number of benzene rings is 1. The van der Waals surface area contributed by atoms with Crippen LogP contribution in [0.15, 0.2) is 18.2 Å². The van der Waals surface area contributed by atoms with E-state index < -0.39 is 23.5 Å². The summed E-state index contributed by atoms with van der Waals surface area (Å²) in [5.74, 6) is 0.341. The minimum Gasteiger partial charge on any atom is -0.303 e. The third-order valence-corrected chi connectivity index (χ3v) is 4.63. The van der Waals surface area contributed by atoms with Crippen LogP contribution in [0.5, 0.6) is 0 Å². The molecule has 0 amide bonds. The summed E-state index contributed by atoms with van der Waals surface area (Å²) in [5.41, 5.74) is -2.73. The number of rotatable bonds is 3. The molecular weight excluding hydrogens is 324 g/mol. The van der Waals surface area contributed by atoms with Gasteiger partial charge in [0.1, 0.15) is 6.29 Å². The van der Waals surface area contributed by atoms with Crippen LogP contribution in [0.3, 0.4) is 0 Å². The van der Waals surface area contributed by atoms with E-state index in [1.165, 1.54) is 0 Å². The average Bonchev–Trinajstić information content (AvgIpc) is 2.90. The number of alkyl halides is 6. The topological polar surface area (TPSA) is 20.3 Å². The lowest BCUT2D eigenvalue weighted by Crippen LogP contribution is -2.26. The molecule has 0 aromatic heterocycles. The van der Waals surface area contributed by atoms with Gasteiger partial charge in [-0.2, -0.15) is 26.3 Å². The first kappa shape index (κ1) is 16.3. The van der Waals surface area contributed by atoms with Crippen LogP contribution in [-0.4, -0.2) is 24.3 Å². The fourth-order valence-electron chi connectivity index (χ4n) is 3.39. The van der Waals surface area contributed by atoms with E-state index in [4.69, 9.17) is 0 Å². The van der Waals surface area contributed by atoms with Crippen LogP contribution in [-0.2, 0) is 23.7 Å². The van der Waals surface area contributed by atoms with Gasteiger partial charge in [0.05, 0.1) is 11.1 Å². The molecule has 2 nitrogen and oxygen atoms in total. The second-order valence-electron chi connectivity index (χ2n) is 6.10. The van der Waals surface area contributed by atoms with Crippen molar-refractivity contribution in [2.24, 2.45) is 17.8 Å². The number of hydrogen-bond acceptors (Lipinski definition) is 2. The molecule has 1 aliphatic heterocycles. The molecule has 3 atom stereocenters. The van der Waals surface area contributed by atoms with Crippen LogP contribution in [0, 0.1) is 17.8 Å². The molecule has 0 N–H and O–H groups in total. The van der Waals surface area contributed by atoms with Gasteiger partial charge in [-0.15, -0.1) is 0 Å². The number of piperidine rings is 1. The molecule has 2 aliphatic rings. The summed E-state index contributed by atoms with van der Waals surface area (Å²) in [6.07, 6.45) is -8.79. The quantitative estimate of drug-likeness (QED) is 0.620. The molecule has 1 aromatic carbocycles. The van der Waals surface area contributed by atoms with Gasteiger partial charge in [-0.05, 0) is 29.5 Å². The van der Waals surface area contributed by atoms with E-state index in [0.29, 0.717) is 19.2 Å². The van der Waals surface area contributed by atoms with E-state index >= 15 is 0 Å². The Hall–Kier alpha value is -1.57. The molecule has 1 aromatic rings. The minimum atomic E-state index is -4.84. The maximum Gasteiger partial charge on any atom is 0.416 e. The van der Waals surface area contributed by atoms with E-state index in [0.717, 1.165) is 12.4 Å². The lowest BCUT2D eigenvalue weighted by molar-refractivity contribution is -0.143. The summed E-state index contributed by atoms with van der Waals surface area (Å²) >= 11 is 0. The number of halogens is 6. The number of carbonyl (C=O) groups excluding carboxylic acids is 1. The SMILES string of the molecule is O=CC1[C@H]2CN(Cc3ccc(C(F)(F)F)cc3C(F)(F)F)C[C@@H]12. The lowest BCUT2D eigenvalue weighted by atomic mass is 10.0. The summed E-state index contributed by atoms with van der Waals surface area (Å²) in [6, 6.07) is 1.74. The van der Waals surface area contributed by atoms with Crippen LogP contribution < -0.4 is 0 Å². The summed E-state index contributed by atoms with van der Waals surface area (Å²) in [4.78, 5) is 12.4. The van der Waals surface area contributed by atoms with Crippen molar-refractivity contribution in [3.05, 3.63) is 34.9 Å². The van der Waals surface area contributed by atoms with Gasteiger partial charge in [0.2, 0.25) is 0 Å². The second-order valence-corrected chi connectivity index (χ2v) is 6.10. The highest BCUT2D eigenvalue weighted by atomic mass is 19.4. The van der Waals surface area contributed by atoms with Crippen LogP contribution in [0.2, 0.25) is 0 Å². The van der Waals surface area contributed by atoms with Crippen LogP contribution >= 0.6 is 0 Å². The molecule has 1 aliphatic carbocycles. The largest absolute Gasteiger partial charge is 0.416 e. The summed E-state index contributed by atoms with van der Waals surface area (Å²) in [7, 11) is 0. The number of hydrogen-bond donors (Lipinski definition) is 0. The Bertz CT molecular complexity index is 611. The number of carbonyl (C=O) groups is 1. The number of aldehydes is 1. The molecule has 8 heteroatoms. The highest BCUT2D eigenvalue weighted by molar-refractivity contribution is 5.60. The number of likely N-dealkylation sites (tertiary alicyclic amines) is 1. The number of fused-ring (bicyclic) bond motifs is 1. The summed E-state index contributed by atoms with van der Waals surface area (Å²) in [6.45, 7) is 0.949. The second kappa shape index (κ2) is 5.22. The van der Waals surface area contributed by atoms with E-state index in [9.17, 15) is 31.1 Å². The molecule has 0 spiro atoms. The van der Waals surface area contributed by atoms with Crippen molar-refractivity contribution >= 4 is 6.29 Å². The van der Waals surface area contributed by atoms with E-state index in [2.05, 4.69) is 0 Å². The summed E-state index contributed by atoms with van der Waals surface area (Å²) in [5, 5.41) is 0. The fraction of sp³-hybridized carbons (Fsp3) is 0.533. The molecule has 1 saturated heterocycles. The Morgan fingerprint density at radius 1 is 1.04 bits per heavy atom. The van der Waals surface area contributed by atoms with E-state index in [1.54, 1.807) is 4.90 Å². The highest BCUT2D eigenvalue weighted by Gasteiger charge is 2.55. The zero-order chi connectivity index (χ0) is 17.0. The minimum absolute atomic E-state index is 0.0130. The molecule has 1 saturated carbocycles. The van der Waals surface area contributed by atoms with E-state index in [1.807, 2.05) is 0 Å². The van der Waals surface area contributed by atoms with Crippen LogP contribution in [0.25, 0.3) is 0 Å². The van der Waals surface area contributed by atoms with Gasteiger partial charge < -0.3 is 4.79 Å². The Kier molecular flexibility index (Phi) is 3.70. The Labute approximate surface area is 128 Å². The monoisotopic (exact) mass is 337 g/mol. The van der Waals surface area contributed by atoms with Gasteiger partial charge >= 0.3 is 12.4 Å². The molecule has 3 rings (SSSR count). The lowest BCUT2D eigenvalue weighted by Gasteiger charge is -2.22. The standard InChI is InChI=1S/C15H13F6NO/c16-14(17,18)9-2-1-8(13(3-9)15(19,20)21)4-22-5-10-11(6-22)12(10)7-23/h1-3,7,10-12H,4-6H2/t10-,11+,12?. The molecule has 1 unspecified atom stereocenters. The zero-order valence-electron chi connectivity index (χ0n) is 11.8. The molecule has 23 heavy (non-hydrogen) atoms. The molecule has 1 heterocycles. The molecule has 2 fully saturated rings. The van der Waals surface area contributed by atoms with E-state index in [-0.39, 0.29) is 35.9 Å². The van der Waals surface area contributed by atoms with Gasteiger partial charge in [-0.25, -0.2) is 0 Å². The normalized spacial score (nSPS) is 27.8. The Morgan fingerprint density at radius 3 is 2.13 bits per heavy atom. The van der Waals surface area contributed by atoms with Crippen LogP contribution in [0.1, 0.15) is 16.7 Å². The van der Waals surface area contributed by atoms with Gasteiger partial charge in [0, 0.05) is 25.6 Å². The highest BCUT2D eigenvalue weighted by Crippen LogP contribution is 2.50. The third kappa shape index (κ3) is 3.08. The number of nitrogens with zero attached hydrogens (tertiary/aromatic N) is 1. The molecule has 0 radical (unpaired) electrons. The van der Waals surface area contributed by atoms with Crippen molar-refractivity contribution in [1.82, 2.24) is 4.90 Å². The first-order valence-corrected chi connectivity index (χ1v) is 7.06. The maximum absolute atomic E-state index is 13.1. The van der Waals surface area contributed by atoms with Gasteiger partial charge in [0.15, 0.2) is 0 Å². The van der Waals surface area contributed by atoms with Crippen molar-refractivity contribution in [1.29, 1.82) is 0 Å². The molecular formula is C15H13F6NO. The van der Waals surface area contributed by atoms with Gasteiger partial charge in [-0.1, -0.05) is 6.07 Å². The first-order valence-electron chi connectivity index (χ1n) is 7.06. The van der Waals surface area contributed by atoms with Crippen LogP contribution in [0.4, 0.5) is 26.3 Å². The van der Waals surface area contributed by atoms with Crippen molar-refractivity contribution in [2.75, 3.05) is 13.1 Å². The fourth-order valence-corrected chi connectivity index (χ4v) is 3.39. The predicted octanol–water partition coefficient (Wildman–Crippen LogP) is 3.60. The zero-order valence-corrected chi connectivity index (χ0v) is 11.8. The van der Waals surface area contributed by atoms with Gasteiger partial charge in [-0.3, -0.25) is 4.90 Å². The third-order valence-electron chi connectivity index (χ3n) is 4.63. The predicted molar refractivity (Wildman–Crippen MR) is 68.3 cm³/mol.